The summed E-state index contributed by atoms with van der Waals surface area (Å²) < 4.78 is 5.76. The van der Waals surface area contributed by atoms with Crippen LogP contribution in [0.5, 0.6) is 0 Å². The molecule has 19 heavy (non-hydrogen) atoms. The molecule has 106 valence electrons. The van der Waals surface area contributed by atoms with Crippen LogP contribution in [0.3, 0.4) is 0 Å². The van der Waals surface area contributed by atoms with Gasteiger partial charge in [-0.25, -0.2) is 0 Å². The monoisotopic (exact) mass is 261 g/mol. The van der Waals surface area contributed by atoms with Crippen molar-refractivity contribution in [3.05, 3.63) is 35.4 Å². The Morgan fingerprint density at radius 3 is 2.84 bits per heavy atom. The number of hydrogen-bond acceptors (Lipinski definition) is 2. The van der Waals surface area contributed by atoms with Crippen molar-refractivity contribution < 1.29 is 4.74 Å². The summed E-state index contributed by atoms with van der Waals surface area (Å²) in [6.45, 7) is 8.58. The Kier molecular flexibility index (Phi) is 5.41. The first-order valence-corrected chi connectivity index (χ1v) is 7.68. The standard InChI is InChI=1S/C17H27NO/c1-4-9-18-17(16-10-13(3)19-12-16)15-8-6-7-14(5-2)11-15/h6-8,11,13,16-18H,4-5,9-10,12H2,1-3H3. The fraction of sp³-hybridized carbons (Fsp3) is 0.647. The smallest absolute Gasteiger partial charge is 0.0551 e. The van der Waals surface area contributed by atoms with Crippen molar-refractivity contribution >= 4 is 0 Å². The van der Waals surface area contributed by atoms with Crippen molar-refractivity contribution in [2.75, 3.05) is 13.2 Å². The maximum absolute atomic E-state index is 5.76. The molecule has 1 heterocycles. The SMILES string of the molecule is CCCNC(c1cccc(CC)c1)C1COC(C)C1. The fourth-order valence-electron chi connectivity index (χ4n) is 2.95. The van der Waals surface area contributed by atoms with Gasteiger partial charge in [0, 0.05) is 12.0 Å². The molecule has 0 radical (unpaired) electrons. The fourth-order valence-corrected chi connectivity index (χ4v) is 2.95. The molecule has 0 aromatic heterocycles. The molecule has 2 heteroatoms. The highest BCUT2D eigenvalue weighted by Gasteiger charge is 2.30. The first-order chi connectivity index (χ1) is 9.24. The van der Waals surface area contributed by atoms with Crippen molar-refractivity contribution in [3.8, 4) is 0 Å². The van der Waals surface area contributed by atoms with Gasteiger partial charge in [0.2, 0.25) is 0 Å². The third-order valence-corrected chi connectivity index (χ3v) is 4.03. The molecule has 1 fully saturated rings. The van der Waals surface area contributed by atoms with Gasteiger partial charge in [-0.2, -0.15) is 0 Å². The predicted molar refractivity (Wildman–Crippen MR) is 80.4 cm³/mol. The van der Waals surface area contributed by atoms with Crippen LogP contribution >= 0.6 is 0 Å². The lowest BCUT2D eigenvalue weighted by Crippen LogP contribution is -2.29. The molecule has 1 aliphatic rings. The van der Waals surface area contributed by atoms with Gasteiger partial charge < -0.3 is 10.1 Å². The minimum atomic E-state index is 0.408. The third kappa shape index (κ3) is 3.80. The van der Waals surface area contributed by atoms with Gasteiger partial charge in [-0.1, -0.05) is 38.1 Å². The van der Waals surface area contributed by atoms with E-state index in [4.69, 9.17) is 4.74 Å². The summed E-state index contributed by atoms with van der Waals surface area (Å²) in [6, 6.07) is 9.46. The van der Waals surface area contributed by atoms with Crippen LogP contribution in [0.15, 0.2) is 24.3 Å². The first kappa shape index (κ1) is 14.5. The van der Waals surface area contributed by atoms with Crippen LogP contribution in [0.2, 0.25) is 0 Å². The van der Waals surface area contributed by atoms with Gasteiger partial charge in [0.15, 0.2) is 0 Å². The molecule has 0 aliphatic carbocycles. The van der Waals surface area contributed by atoms with Crippen LogP contribution in [0.1, 0.15) is 50.8 Å². The summed E-state index contributed by atoms with van der Waals surface area (Å²) in [6.07, 6.45) is 3.85. The van der Waals surface area contributed by atoms with Crippen molar-refractivity contribution in [1.29, 1.82) is 0 Å². The molecule has 2 rings (SSSR count). The largest absolute Gasteiger partial charge is 0.378 e. The molecule has 1 N–H and O–H groups in total. The molecule has 0 bridgehead atoms. The van der Waals surface area contributed by atoms with E-state index in [1.165, 1.54) is 17.5 Å². The Morgan fingerprint density at radius 2 is 2.21 bits per heavy atom. The molecule has 1 saturated heterocycles. The van der Waals surface area contributed by atoms with Gasteiger partial charge in [-0.3, -0.25) is 0 Å². The quantitative estimate of drug-likeness (QED) is 0.843. The zero-order valence-corrected chi connectivity index (χ0v) is 12.5. The molecule has 0 spiro atoms. The topological polar surface area (TPSA) is 21.3 Å². The Labute approximate surface area is 117 Å². The lowest BCUT2D eigenvalue weighted by molar-refractivity contribution is 0.117. The van der Waals surface area contributed by atoms with E-state index in [1.54, 1.807) is 0 Å². The molecule has 3 unspecified atom stereocenters. The summed E-state index contributed by atoms with van der Waals surface area (Å²) >= 11 is 0. The molecule has 3 atom stereocenters. The highest BCUT2D eigenvalue weighted by Crippen LogP contribution is 2.32. The lowest BCUT2D eigenvalue weighted by atomic mass is 9.90. The summed E-state index contributed by atoms with van der Waals surface area (Å²) in [4.78, 5) is 0. The van der Waals surface area contributed by atoms with Crippen molar-refractivity contribution in [2.24, 2.45) is 5.92 Å². The van der Waals surface area contributed by atoms with Gasteiger partial charge in [-0.15, -0.1) is 0 Å². The molecule has 1 aliphatic heterocycles. The van der Waals surface area contributed by atoms with E-state index in [9.17, 15) is 0 Å². The zero-order valence-electron chi connectivity index (χ0n) is 12.5. The van der Waals surface area contributed by atoms with Gasteiger partial charge in [0.05, 0.1) is 12.7 Å². The highest BCUT2D eigenvalue weighted by molar-refractivity contribution is 5.27. The molecule has 0 amide bonds. The molecule has 0 saturated carbocycles. The number of hydrogen-bond donors (Lipinski definition) is 1. The van der Waals surface area contributed by atoms with Crippen LogP contribution in [0, 0.1) is 5.92 Å². The second-order valence-electron chi connectivity index (χ2n) is 5.67. The molecular formula is C17H27NO. The molecular weight excluding hydrogens is 234 g/mol. The average molecular weight is 261 g/mol. The number of rotatable bonds is 6. The average Bonchev–Trinajstić information content (AvgIpc) is 2.86. The third-order valence-electron chi connectivity index (χ3n) is 4.03. The Bertz CT molecular complexity index is 391. The molecule has 1 aromatic carbocycles. The summed E-state index contributed by atoms with van der Waals surface area (Å²) in [7, 11) is 0. The van der Waals surface area contributed by atoms with E-state index in [0.29, 0.717) is 18.1 Å². The Morgan fingerprint density at radius 1 is 1.37 bits per heavy atom. The van der Waals surface area contributed by atoms with E-state index < -0.39 is 0 Å². The second kappa shape index (κ2) is 7.06. The van der Waals surface area contributed by atoms with Crippen LogP contribution in [0.4, 0.5) is 0 Å². The Hall–Kier alpha value is -0.860. The van der Waals surface area contributed by atoms with E-state index in [2.05, 4.69) is 50.4 Å². The zero-order chi connectivity index (χ0) is 13.7. The second-order valence-corrected chi connectivity index (χ2v) is 5.67. The maximum atomic E-state index is 5.76. The predicted octanol–water partition coefficient (Wildman–Crippen LogP) is 3.71. The van der Waals surface area contributed by atoms with Gasteiger partial charge in [0.25, 0.3) is 0 Å². The van der Waals surface area contributed by atoms with Crippen molar-refractivity contribution in [2.45, 2.75) is 52.2 Å². The van der Waals surface area contributed by atoms with Crippen LogP contribution in [-0.4, -0.2) is 19.3 Å². The van der Waals surface area contributed by atoms with E-state index >= 15 is 0 Å². The van der Waals surface area contributed by atoms with Gasteiger partial charge >= 0.3 is 0 Å². The van der Waals surface area contributed by atoms with Gasteiger partial charge in [-0.05, 0) is 43.9 Å². The number of benzene rings is 1. The normalized spacial score (nSPS) is 24.6. The number of nitrogens with one attached hydrogen (secondary N) is 1. The van der Waals surface area contributed by atoms with Gasteiger partial charge in [0.1, 0.15) is 0 Å². The summed E-state index contributed by atoms with van der Waals surface area (Å²) in [5.41, 5.74) is 2.85. The molecule has 1 aromatic rings. The first-order valence-electron chi connectivity index (χ1n) is 7.68. The van der Waals surface area contributed by atoms with E-state index in [-0.39, 0.29) is 0 Å². The minimum absolute atomic E-state index is 0.408. The van der Waals surface area contributed by atoms with Crippen molar-refractivity contribution in [3.63, 3.8) is 0 Å². The highest BCUT2D eigenvalue weighted by atomic mass is 16.5. The maximum Gasteiger partial charge on any atom is 0.0551 e. The van der Waals surface area contributed by atoms with Crippen LogP contribution in [0.25, 0.3) is 0 Å². The number of ether oxygens (including phenoxy) is 1. The molecule has 2 nitrogen and oxygen atoms in total. The Balaban J connectivity index is 2.15. The summed E-state index contributed by atoms with van der Waals surface area (Å²) in [5, 5.41) is 3.72. The van der Waals surface area contributed by atoms with Crippen LogP contribution < -0.4 is 5.32 Å². The minimum Gasteiger partial charge on any atom is -0.378 e. The van der Waals surface area contributed by atoms with E-state index in [0.717, 1.165) is 26.0 Å². The van der Waals surface area contributed by atoms with E-state index in [1.807, 2.05) is 0 Å². The van der Waals surface area contributed by atoms with Crippen molar-refractivity contribution in [1.82, 2.24) is 5.32 Å². The summed E-state index contributed by atoms with van der Waals surface area (Å²) in [5.74, 6) is 0.605. The van der Waals surface area contributed by atoms with Crippen LogP contribution in [-0.2, 0) is 11.2 Å². The lowest BCUT2D eigenvalue weighted by Gasteiger charge is -2.25. The number of aryl methyl sites for hydroxylation is 1.